The van der Waals surface area contributed by atoms with E-state index in [1.165, 1.54) is 0 Å². The van der Waals surface area contributed by atoms with E-state index in [1.54, 1.807) is 13.8 Å². The fourth-order valence-corrected chi connectivity index (χ4v) is 2.55. The van der Waals surface area contributed by atoms with Crippen molar-refractivity contribution in [2.75, 3.05) is 10.6 Å². The summed E-state index contributed by atoms with van der Waals surface area (Å²) in [6.07, 6.45) is 0. The van der Waals surface area contributed by atoms with Crippen molar-refractivity contribution in [1.29, 1.82) is 0 Å². The minimum absolute atomic E-state index is 0.113. The fraction of sp³-hybridized carbons (Fsp3) is 0.364. The monoisotopic (exact) mass is 352 g/mol. The molecule has 0 radical (unpaired) electrons. The van der Waals surface area contributed by atoms with E-state index in [9.17, 15) is 9.59 Å². The van der Waals surface area contributed by atoms with E-state index < -0.39 is 5.41 Å². The number of para-hydroxylation sites is 1. The van der Waals surface area contributed by atoms with E-state index in [0.29, 0.717) is 5.69 Å². The van der Waals surface area contributed by atoms with Gasteiger partial charge < -0.3 is 10.6 Å². The third-order valence-electron chi connectivity index (χ3n) is 4.43. The maximum atomic E-state index is 12.8. The predicted molar refractivity (Wildman–Crippen MR) is 107 cm³/mol. The zero-order valence-corrected chi connectivity index (χ0v) is 16.4. The molecule has 138 valence electrons. The number of rotatable bonds is 4. The molecule has 0 heterocycles. The van der Waals surface area contributed by atoms with Crippen molar-refractivity contribution in [1.82, 2.24) is 0 Å². The molecule has 4 nitrogen and oxygen atoms in total. The number of hydrogen-bond acceptors (Lipinski definition) is 2. The lowest BCUT2D eigenvalue weighted by Crippen LogP contribution is -2.42. The molecule has 0 saturated heterocycles. The fourth-order valence-electron chi connectivity index (χ4n) is 2.55. The van der Waals surface area contributed by atoms with Crippen LogP contribution in [-0.2, 0) is 15.0 Å². The molecule has 2 rings (SSSR count). The number of carbonyl (C=O) groups excluding carboxylic acids is 2. The first kappa shape index (κ1) is 19.7. The molecule has 2 aromatic rings. The van der Waals surface area contributed by atoms with Gasteiger partial charge >= 0.3 is 0 Å². The molecular weight excluding hydrogens is 324 g/mol. The smallest absolute Gasteiger partial charge is 0.239 e. The van der Waals surface area contributed by atoms with Crippen molar-refractivity contribution >= 4 is 23.2 Å². The Morgan fingerprint density at radius 1 is 0.769 bits per heavy atom. The van der Waals surface area contributed by atoms with Gasteiger partial charge in [-0.15, -0.1) is 0 Å². The Hall–Kier alpha value is -2.62. The molecule has 0 bridgehead atoms. The molecule has 0 aliphatic carbocycles. The molecule has 4 heteroatoms. The first-order chi connectivity index (χ1) is 12.0. The van der Waals surface area contributed by atoms with Gasteiger partial charge in [-0.2, -0.15) is 0 Å². The van der Waals surface area contributed by atoms with Crippen LogP contribution in [-0.4, -0.2) is 11.8 Å². The second kappa shape index (κ2) is 7.32. The largest absolute Gasteiger partial charge is 0.325 e. The van der Waals surface area contributed by atoms with Gasteiger partial charge in [-0.05, 0) is 49.9 Å². The first-order valence-corrected chi connectivity index (χ1v) is 8.81. The summed E-state index contributed by atoms with van der Waals surface area (Å²) in [5.41, 5.74) is 2.23. The highest BCUT2D eigenvalue weighted by molar-refractivity contribution is 6.14. The lowest BCUT2D eigenvalue weighted by molar-refractivity contribution is -0.135. The Balaban J connectivity index is 2.17. The second-order valence-electron chi connectivity index (χ2n) is 8.19. The van der Waals surface area contributed by atoms with Crippen LogP contribution in [0.1, 0.15) is 45.7 Å². The summed E-state index contributed by atoms with van der Waals surface area (Å²) in [6, 6.07) is 15.2. The van der Waals surface area contributed by atoms with Crippen molar-refractivity contribution in [3.8, 4) is 0 Å². The topological polar surface area (TPSA) is 58.2 Å². The zero-order valence-electron chi connectivity index (χ0n) is 16.4. The van der Waals surface area contributed by atoms with E-state index in [-0.39, 0.29) is 17.2 Å². The molecule has 0 fully saturated rings. The summed E-state index contributed by atoms with van der Waals surface area (Å²) in [5, 5.41) is 5.75. The lowest BCUT2D eigenvalue weighted by Gasteiger charge is -2.26. The number of amides is 2. The summed E-state index contributed by atoms with van der Waals surface area (Å²) in [6.45, 7) is 11.5. The standard InChI is InChI=1S/C22H28N2O2/c1-15-11-13-16(14-12-15)23-19(25)22(5,6)20(26)24-18-10-8-7-9-17(18)21(2,3)4/h7-14H,1-6H3,(H,23,25)(H,24,26). The van der Waals surface area contributed by atoms with Gasteiger partial charge in [0.2, 0.25) is 11.8 Å². The first-order valence-electron chi connectivity index (χ1n) is 8.81. The van der Waals surface area contributed by atoms with Crippen LogP contribution < -0.4 is 10.6 Å². The van der Waals surface area contributed by atoms with Gasteiger partial charge in [0.15, 0.2) is 0 Å². The molecule has 0 aromatic heterocycles. The molecule has 0 spiro atoms. The maximum Gasteiger partial charge on any atom is 0.239 e. The molecule has 2 N–H and O–H groups in total. The Morgan fingerprint density at radius 3 is 1.88 bits per heavy atom. The minimum atomic E-state index is -1.21. The van der Waals surface area contributed by atoms with Crippen molar-refractivity contribution in [3.63, 3.8) is 0 Å². The number of benzene rings is 2. The number of hydrogen-bond donors (Lipinski definition) is 2. The molecule has 26 heavy (non-hydrogen) atoms. The highest BCUT2D eigenvalue weighted by Gasteiger charge is 2.36. The molecule has 2 aromatic carbocycles. The Kier molecular flexibility index (Phi) is 5.55. The molecular formula is C22H28N2O2. The molecule has 0 saturated carbocycles. The third kappa shape index (κ3) is 4.51. The van der Waals surface area contributed by atoms with Crippen LogP contribution in [0, 0.1) is 12.3 Å². The number of nitrogens with one attached hydrogen (secondary N) is 2. The maximum absolute atomic E-state index is 12.8. The van der Waals surface area contributed by atoms with Crippen molar-refractivity contribution < 1.29 is 9.59 Å². The SMILES string of the molecule is Cc1ccc(NC(=O)C(C)(C)C(=O)Nc2ccccc2C(C)(C)C)cc1. The van der Waals surface area contributed by atoms with Crippen LogP contribution in [0.4, 0.5) is 11.4 Å². The normalized spacial score (nSPS) is 11.8. The summed E-state index contributed by atoms with van der Waals surface area (Å²) in [7, 11) is 0. The quantitative estimate of drug-likeness (QED) is 0.769. The van der Waals surface area contributed by atoms with Crippen LogP contribution in [0.25, 0.3) is 0 Å². The Morgan fingerprint density at radius 2 is 1.31 bits per heavy atom. The van der Waals surface area contributed by atoms with Gasteiger partial charge in [-0.3, -0.25) is 9.59 Å². The average Bonchev–Trinajstić information content (AvgIpc) is 2.56. The Labute approximate surface area is 156 Å². The highest BCUT2D eigenvalue weighted by atomic mass is 16.2. The van der Waals surface area contributed by atoms with Gasteiger partial charge in [0.1, 0.15) is 5.41 Å². The van der Waals surface area contributed by atoms with Crippen molar-refractivity contribution in [2.45, 2.75) is 47.0 Å². The van der Waals surface area contributed by atoms with E-state index in [1.807, 2.05) is 55.5 Å². The zero-order chi connectivity index (χ0) is 19.5. The van der Waals surface area contributed by atoms with Crippen molar-refractivity contribution in [3.05, 3.63) is 59.7 Å². The van der Waals surface area contributed by atoms with E-state index >= 15 is 0 Å². The number of anilines is 2. The molecule has 0 atom stereocenters. The molecule has 0 aliphatic heterocycles. The molecule has 0 unspecified atom stereocenters. The van der Waals surface area contributed by atoms with E-state index in [0.717, 1.165) is 16.8 Å². The van der Waals surface area contributed by atoms with Gasteiger partial charge in [0.05, 0.1) is 0 Å². The second-order valence-corrected chi connectivity index (χ2v) is 8.19. The Bertz CT molecular complexity index is 800. The number of aryl methyl sites for hydroxylation is 1. The highest BCUT2D eigenvalue weighted by Crippen LogP contribution is 2.30. The van der Waals surface area contributed by atoms with E-state index in [2.05, 4.69) is 31.4 Å². The van der Waals surface area contributed by atoms with Crippen LogP contribution in [0.2, 0.25) is 0 Å². The minimum Gasteiger partial charge on any atom is -0.325 e. The predicted octanol–water partition coefficient (Wildman–Crippen LogP) is 4.90. The van der Waals surface area contributed by atoms with Crippen LogP contribution in [0.5, 0.6) is 0 Å². The van der Waals surface area contributed by atoms with E-state index in [4.69, 9.17) is 0 Å². The van der Waals surface area contributed by atoms with Gasteiger partial charge in [0.25, 0.3) is 0 Å². The van der Waals surface area contributed by atoms with Crippen LogP contribution in [0.3, 0.4) is 0 Å². The lowest BCUT2D eigenvalue weighted by atomic mass is 9.85. The summed E-state index contributed by atoms with van der Waals surface area (Å²) < 4.78 is 0. The summed E-state index contributed by atoms with van der Waals surface area (Å²) in [5.74, 6) is -0.675. The van der Waals surface area contributed by atoms with Gasteiger partial charge in [-0.25, -0.2) is 0 Å². The molecule has 2 amide bonds. The van der Waals surface area contributed by atoms with Gasteiger partial charge in [0, 0.05) is 11.4 Å². The summed E-state index contributed by atoms with van der Waals surface area (Å²) in [4.78, 5) is 25.5. The molecule has 0 aliphatic rings. The average molecular weight is 352 g/mol. The third-order valence-corrected chi connectivity index (χ3v) is 4.43. The van der Waals surface area contributed by atoms with Crippen LogP contribution in [0.15, 0.2) is 48.5 Å². The van der Waals surface area contributed by atoms with Crippen molar-refractivity contribution in [2.24, 2.45) is 5.41 Å². The number of carbonyl (C=O) groups is 2. The summed E-state index contributed by atoms with van der Waals surface area (Å²) >= 11 is 0. The van der Waals surface area contributed by atoms with Crippen LogP contribution >= 0.6 is 0 Å². The van der Waals surface area contributed by atoms with Gasteiger partial charge in [-0.1, -0.05) is 56.7 Å².